The lowest BCUT2D eigenvalue weighted by molar-refractivity contribution is 0.175. The molecule has 1 aliphatic rings. The van der Waals surface area contributed by atoms with Crippen LogP contribution < -0.4 is 5.32 Å². The van der Waals surface area contributed by atoms with Crippen LogP contribution in [-0.4, -0.2) is 54.2 Å². The van der Waals surface area contributed by atoms with E-state index in [4.69, 9.17) is 14.4 Å². The van der Waals surface area contributed by atoms with Gasteiger partial charge in [0.25, 0.3) is 0 Å². The maximum atomic E-state index is 9.88. The summed E-state index contributed by atoms with van der Waals surface area (Å²) >= 11 is 0. The first-order valence-corrected chi connectivity index (χ1v) is 14.8. The SMILES string of the molecule is Cc1c(Nc2nccc3cc(CN4CC[C@@H](O)C4)cnc23)cccc1-c1nccc(-c2nc3cc(CO)cc(C#N)c3o2)c1C. The lowest BCUT2D eigenvalue weighted by Crippen LogP contribution is -2.21. The van der Waals surface area contributed by atoms with Gasteiger partial charge in [-0.25, -0.2) is 9.97 Å². The highest BCUT2D eigenvalue weighted by molar-refractivity contribution is 5.91. The molecule has 10 heteroatoms. The first-order chi connectivity index (χ1) is 21.9. The number of aromatic nitrogens is 4. The number of hydrogen-bond acceptors (Lipinski definition) is 10. The van der Waals surface area contributed by atoms with Crippen LogP contribution >= 0.6 is 0 Å². The number of benzene rings is 2. The Morgan fingerprint density at radius 1 is 1.02 bits per heavy atom. The van der Waals surface area contributed by atoms with E-state index in [2.05, 4.69) is 32.3 Å². The largest absolute Gasteiger partial charge is 0.435 e. The minimum Gasteiger partial charge on any atom is -0.435 e. The predicted octanol–water partition coefficient (Wildman–Crippen LogP) is 5.79. The van der Waals surface area contributed by atoms with Gasteiger partial charge in [-0.05, 0) is 78.9 Å². The molecule has 0 saturated carbocycles. The minimum absolute atomic E-state index is 0.190. The standard InChI is InChI=1S/C35H31N7O3/c1-20-27(31-21(2)28(7-10-37-31)35-41-30-14-22(19-43)12-25(15-36)33(30)45-35)4-3-5-29(20)40-34-32-24(6-9-38-34)13-23(16-39-32)17-42-11-8-26(44)18-42/h3-7,9-10,12-14,16,26,43-44H,8,11,17-19H2,1-2H3,(H,38,40)/t26-/m1/s1. The zero-order valence-corrected chi connectivity index (χ0v) is 24.9. The van der Waals surface area contributed by atoms with Crippen LogP contribution in [0.4, 0.5) is 11.5 Å². The monoisotopic (exact) mass is 597 g/mol. The summed E-state index contributed by atoms with van der Waals surface area (Å²) in [6, 6.07) is 17.5. The van der Waals surface area contributed by atoms with Crippen LogP contribution in [0.1, 0.15) is 34.2 Å². The van der Waals surface area contributed by atoms with Gasteiger partial charge in [0.1, 0.15) is 17.1 Å². The van der Waals surface area contributed by atoms with Gasteiger partial charge in [-0.15, -0.1) is 0 Å². The lowest BCUT2D eigenvalue weighted by Gasteiger charge is -2.17. The Kier molecular flexibility index (Phi) is 7.43. The molecule has 1 aliphatic heterocycles. The molecule has 7 rings (SSSR count). The number of aliphatic hydroxyl groups excluding tert-OH is 2. The van der Waals surface area contributed by atoms with Crippen LogP contribution in [-0.2, 0) is 13.2 Å². The van der Waals surface area contributed by atoms with Crippen molar-refractivity contribution in [3.05, 3.63) is 94.9 Å². The van der Waals surface area contributed by atoms with Crippen molar-refractivity contribution in [1.29, 1.82) is 5.26 Å². The predicted molar refractivity (Wildman–Crippen MR) is 172 cm³/mol. The number of aliphatic hydroxyl groups is 2. The summed E-state index contributed by atoms with van der Waals surface area (Å²) in [5, 5.41) is 33.6. The van der Waals surface area contributed by atoms with Crippen molar-refractivity contribution in [2.75, 3.05) is 18.4 Å². The molecule has 1 fully saturated rings. The fourth-order valence-corrected chi connectivity index (χ4v) is 6.07. The van der Waals surface area contributed by atoms with Crippen LogP contribution in [0.2, 0.25) is 0 Å². The summed E-state index contributed by atoms with van der Waals surface area (Å²) in [5.41, 5.74) is 8.97. The van der Waals surface area contributed by atoms with Crippen molar-refractivity contribution >= 4 is 33.5 Å². The number of oxazole rings is 1. The average Bonchev–Trinajstić information content (AvgIpc) is 3.67. The van der Waals surface area contributed by atoms with Crippen molar-refractivity contribution in [1.82, 2.24) is 24.8 Å². The third-order valence-electron chi connectivity index (χ3n) is 8.44. The third kappa shape index (κ3) is 5.38. The van der Waals surface area contributed by atoms with E-state index in [1.807, 2.05) is 50.4 Å². The van der Waals surface area contributed by atoms with Gasteiger partial charge in [0.15, 0.2) is 11.4 Å². The normalized spacial score (nSPS) is 15.1. The third-order valence-corrected chi connectivity index (χ3v) is 8.44. The molecule has 2 aromatic carbocycles. The maximum Gasteiger partial charge on any atom is 0.227 e. The van der Waals surface area contributed by atoms with E-state index < -0.39 is 0 Å². The van der Waals surface area contributed by atoms with Gasteiger partial charge < -0.3 is 19.9 Å². The molecule has 6 aromatic rings. The van der Waals surface area contributed by atoms with Crippen molar-refractivity contribution in [2.45, 2.75) is 39.5 Å². The first-order valence-electron chi connectivity index (χ1n) is 14.8. The highest BCUT2D eigenvalue weighted by atomic mass is 16.3. The Morgan fingerprint density at radius 2 is 1.89 bits per heavy atom. The molecule has 0 aliphatic carbocycles. The number of β-amino-alcohol motifs (C(OH)–C–C–N with tert-alkyl or cyclic N) is 1. The number of likely N-dealkylation sites (tertiary alicyclic amines) is 1. The van der Waals surface area contributed by atoms with Crippen LogP contribution in [0.5, 0.6) is 0 Å². The second kappa shape index (κ2) is 11.7. The Hall–Kier alpha value is -5.21. The molecule has 224 valence electrons. The van der Waals surface area contributed by atoms with Gasteiger partial charge in [0, 0.05) is 60.4 Å². The molecular formula is C35H31N7O3. The van der Waals surface area contributed by atoms with E-state index in [-0.39, 0.29) is 12.7 Å². The van der Waals surface area contributed by atoms with Crippen molar-refractivity contribution in [3.63, 3.8) is 0 Å². The van der Waals surface area contributed by atoms with Gasteiger partial charge in [-0.2, -0.15) is 5.26 Å². The molecule has 5 heterocycles. The van der Waals surface area contributed by atoms with Gasteiger partial charge in [-0.1, -0.05) is 12.1 Å². The fraction of sp³-hybridized carbons (Fsp3) is 0.229. The maximum absolute atomic E-state index is 9.88. The van der Waals surface area contributed by atoms with E-state index in [0.717, 1.165) is 69.6 Å². The van der Waals surface area contributed by atoms with Crippen LogP contribution in [0.25, 0.3) is 44.7 Å². The summed E-state index contributed by atoms with van der Waals surface area (Å²) in [4.78, 5) is 21.0. The molecule has 4 aromatic heterocycles. The molecule has 10 nitrogen and oxygen atoms in total. The lowest BCUT2D eigenvalue weighted by atomic mass is 9.97. The topological polar surface area (TPSA) is 144 Å². The Bertz CT molecular complexity index is 2120. The van der Waals surface area contributed by atoms with E-state index in [9.17, 15) is 15.5 Å². The van der Waals surface area contributed by atoms with Gasteiger partial charge >= 0.3 is 0 Å². The Labute approximate surface area is 259 Å². The van der Waals surface area contributed by atoms with E-state index in [1.54, 1.807) is 24.5 Å². The van der Waals surface area contributed by atoms with Crippen molar-refractivity contribution < 1.29 is 14.6 Å². The first kappa shape index (κ1) is 28.6. The number of fused-ring (bicyclic) bond motifs is 2. The molecule has 0 bridgehead atoms. The number of nitrogens with one attached hydrogen (secondary N) is 1. The van der Waals surface area contributed by atoms with Crippen LogP contribution in [0.3, 0.4) is 0 Å². The van der Waals surface area contributed by atoms with Gasteiger partial charge in [0.2, 0.25) is 5.89 Å². The molecule has 1 atom stereocenters. The Morgan fingerprint density at radius 3 is 2.69 bits per heavy atom. The molecule has 3 N–H and O–H groups in total. The van der Waals surface area contributed by atoms with Crippen LogP contribution in [0.15, 0.2) is 71.5 Å². The van der Waals surface area contributed by atoms with E-state index in [0.29, 0.717) is 40.5 Å². The summed E-state index contributed by atoms with van der Waals surface area (Å²) in [6.07, 6.45) is 5.96. The fourth-order valence-electron chi connectivity index (χ4n) is 6.07. The highest BCUT2D eigenvalue weighted by Gasteiger charge is 2.21. The average molecular weight is 598 g/mol. The molecule has 0 radical (unpaired) electrons. The number of hydrogen-bond donors (Lipinski definition) is 3. The summed E-state index contributed by atoms with van der Waals surface area (Å²) in [5.74, 6) is 1.05. The van der Waals surface area contributed by atoms with Gasteiger partial charge in [0.05, 0.1) is 24.0 Å². The Balaban J connectivity index is 1.21. The quantitative estimate of drug-likeness (QED) is 0.207. The summed E-state index contributed by atoms with van der Waals surface area (Å²) < 4.78 is 6.09. The molecular weight excluding hydrogens is 566 g/mol. The highest BCUT2D eigenvalue weighted by Crippen LogP contribution is 2.36. The number of rotatable bonds is 7. The van der Waals surface area contributed by atoms with Crippen molar-refractivity contribution in [2.24, 2.45) is 0 Å². The van der Waals surface area contributed by atoms with Crippen LogP contribution in [0, 0.1) is 25.2 Å². The number of pyridine rings is 3. The molecule has 45 heavy (non-hydrogen) atoms. The van der Waals surface area contributed by atoms with Gasteiger partial charge in [-0.3, -0.25) is 14.9 Å². The van der Waals surface area contributed by atoms with E-state index in [1.165, 1.54) is 0 Å². The van der Waals surface area contributed by atoms with Crippen molar-refractivity contribution in [3.8, 4) is 28.8 Å². The smallest absolute Gasteiger partial charge is 0.227 e. The molecule has 1 saturated heterocycles. The summed E-state index contributed by atoms with van der Waals surface area (Å²) in [7, 11) is 0. The molecule has 0 unspecified atom stereocenters. The number of nitriles is 1. The van der Waals surface area contributed by atoms with E-state index >= 15 is 0 Å². The minimum atomic E-state index is -0.251. The summed E-state index contributed by atoms with van der Waals surface area (Å²) in [6.45, 7) is 6.16. The molecule has 0 amide bonds. The zero-order chi connectivity index (χ0) is 31.1. The second-order valence-electron chi connectivity index (χ2n) is 11.5. The second-order valence-corrected chi connectivity index (χ2v) is 11.5. The number of nitrogens with zero attached hydrogens (tertiary/aromatic N) is 6. The zero-order valence-electron chi connectivity index (χ0n) is 24.9. The molecule has 0 spiro atoms. The number of anilines is 2.